The van der Waals surface area contributed by atoms with Crippen LogP contribution in [0.2, 0.25) is 0 Å². The summed E-state index contributed by atoms with van der Waals surface area (Å²) in [5, 5.41) is 46.9. The number of ether oxygens (including phenoxy) is 1. The molecular weight excluding hydrogens is 632 g/mol. The molecule has 0 saturated heterocycles. The molecule has 1 saturated carbocycles. The zero-order valence-corrected chi connectivity index (χ0v) is 29.8. The van der Waals surface area contributed by atoms with E-state index in [9.17, 15) is 34.8 Å². The molecule has 8 heteroatoms. The van der Waals surface area contributed by atoms with E-state index in [1.54, 1.807) is 40.9 Å². The Morgan fingerprint density at radius 1 is 0.960 bits per heavy atom. The molecule has 0 amide bonds. The number of phenols is 1. The van der Waals surface area contributed by atoms with Crippen molar-refractivity contribution in [1.82, 2.24) is 0 Å². The quantitative estimate of drug-likeness (QED) is 0.181. The number of rotatable bonds is 8. The number of hydrogen-bond acceptors (Lipinski definition) is 8. The van der Waals surface area contributed by atoms with Crippen LogP contribution in [-0.4, -0.2) is 50.5 Å². The van der Waals surface area contributed by atoms with Crippen LogP contribution in [0.4, 0.5) is 0 Å². The summed E-state index contributed by atoms with van der Waals surface area (Å²) in [5.74, 6) is -4.85. The Hall–Kier alpha value is -4.69. The Balaban J connectivity index is 1.49. The minimum absolute atomic E-state index is 0.0239. The highest BCUT2D eigenvalue weighted by Crippen LogP contribution is 2.65. The lowest BCUT2D eigenvalue weighted by Gasteiger charge is -2.59. The predicted octanol–water partition coefficient (Wildman–Crippen LogP) is 7.35. The minimum atomic E-state index is -2.65. The van der Waals surface area contributed by atoms with Gasteiger partial charge in [-0.05, 0) is 92.3 Å². The maximum absolute atomic E-state index is 14.6. The SMILES string of the molecule is COc1ccc(CCCc2cccc(C)c2)cc1-c1ccc(O)c2c1C[C@]1(C)C[C@]3(C)C(C(C)C)C(=O)C(C(C)=O)=C(O)[C@]3(O)C(=O)C1=C2O. The molecule has 0 aliphatic heterocycles. The van der Waals surface area contributed by atoms with Crippen LogP contribution in [0.15, 0.2) is 71.5 Å². The summed E-state index contributed by atoms with van der Waals surface area (Å²) in [5.41, 5.74) is -0.325. The molecule has 3 aromatic carbocycles. The van der Waals surface area contributed by atoms with E-state index in [0.717, 1.165) is 37.3 Å². The second kappa shape index (κ2) is 12.3. The smallest absolute Gasteiger partial charge is 0.203 e. The lowest BCUT2D eigenvalue weighted by molar-refractivity contribution is -0.178. The van der Waals surface area contributed by atoms with Crippen LogP contribution in [0.5, 0.6) is 11.5 Å². The highest BCUT2D eigenvalue weighted by molar-refractivity contribution is 6.24. The number of methoxy groups -OCH3 is 1. The number of aryl methyl sites for hydroxylation is 3. The summed E-state index contributed by atoms with van der Waals surface area (Å²) in [6.07, 6.45) is 2.87. The van der Waals surface area contributed by atoms with Crippen LogP contribution in [-0.2, 0) is 33.6 Å². The number of Topliss-reactive ketones (excluding diaryl/α,β-unsaturated/α-hetero) is 3. The van der Waals surface area contributed by atoms with Crippen LogP contribution < -0.4 is 4.74 Å². The van der Waals surface area contributed by atoms with Crippen LogP contribution in [0, 0.1) is 29.6 Å². The van der Waals surface area contributed by atoms with Crippen molar-refractivity contribution in [3.05, 3.63) is 99.3 Å². The first-order valence-electron chi connectivity index (χ1n) is 17.3. The summed E-state index contributed by atoms with van der Waals surface area (Å²) in [7, 11) is 1.59. The van der Waals surface area contributed by atoms with Gasteiger partial charge in [-0.1, -0.05) is 69.7 Å². The molecule has 1 unspecified atom stereocenters. The Morgan fingerprint density at radius 3 is 2.26 bits per heavy atom. The van der Waals surface area contributed by atoms with Gasteiger partial charge in [0.2, 0.25) is 5.78 Å². The summed E-state index contributed by atoms with van der Waals surface area (Å²) in [6.45, 7) is 10.2. The maximum atomic E-state index is 14.6. The van der Waals surface area contributed by atoms with Gasteiger partial charge >= 0.3 is 0 Å². The number of carbonyl (C=O) groups excluding carboxylic acids is 3. The van der Waals surface area contributed by atoms with E-state index < -0.39 is 62.7 Å². The summed E-state index contributed by atoms with van der Waals surface area (Å²) >= 11 is 0. The van der Waals surface area contributed by atoms with Gasteiger partial charge < -0.3 is 25.2 Å². The van der Waals surface area contributed by atoms with Crippen molar-refractivity contribution in [2.45, 2.75) is 79.2 Å². The molecule has 262 valence electrons. The molecule has 0 spiro atoms. The highest BCUT2D eigenvalue weighted by Gasteiger charge is 2.72. The number of aromatic hydroxyl groups is 1. The number of benzene rings is 3. The van der Waals surface area contributed by atoms with Gasteiger partial charge in [0.25, 0.3) is 0 Å². The van der Waals surface area contributed by atoms with Crippen LogP contribution in [0.25, 0.3) is 16.9 Å². The Morgan fingerprint density at radius 2 is 1.64 bits per heavy atom. The minimum Gasteiger partial charge on any atom is -0.508 e. The van der Waals surface area contributed by atoms with Crippen LogP contribution >= 0.6 is 0 Å². The number of carbonyl (C=O) groups is 3. The fourth-order valence-electron chi connectivity index (χ4n) is 9.46. The van der Waals surface area contributed by atoms with Gasteiger partial charge in [-0.3, -0.25) is 14.4 Å². The third-order valence-corrected chi connectivity index (χ3v) is 11.5. The van der Waals surface area contributed by atoms with E-state index in [1.165, 1.54) is 17.2 Å². The summed E-state index contributed by atoms with van der Waals surface area (Å²) in [4.78, 5) is 41.1. The first kappa shape index (κ1) is 35.1. The standard InChI is InChI=1S/C42H46O8/c1-22(2)34-36(45)32(24(4)43)38(47)42(49)39(48)35-37(46)33-29(20-40(35,5)21-41(34,42)6)27(15-16-30(33)44)28-19-26(14-17-31(28)50-7)13-9-12-25-11-8-10-23(3)18-25/h8,10-11,14-19,22,34,44,46-47,49H,9,12-13,20-21H2,1-7H3/t34?,40-,41-,42+/m1/s1. The van der Waals surface area contributed by atoms with Gasteiger partial charge in [-0.2, -0.15) is 0 Å². The molecule has 0 bridgehead atoms. The lowest BCUT2D eigenvalue weighted by Crippen LogP contribution is -2.69. The van der Waals surface area contributed by atoms with Gasteiger partial charge in [-0.15, -0.1) is 0 Å². The number of aliphatic hydroxyl groups is 3. The molecule has 50 heavy (non-hydrogen) atoms. The van der Waals surface area contributed by atoms with Crippen molar-refractivity contribution >= 4 is 23.1 Å². The van der Waals surface area contributed by atoms with E-state index in [1.807, 2.05) is 12.1 Å². The molecule has 3 aromatic rings. The van der Waals surface area contributed by atoms with Crippen molar-refractivity contribution in [3.63, 3.8) is 0 Å². The Bertz CT molecular complexity index is 2020. The van der Waals surface area contributed by atoms with E-state index in [2.05, 4.69) is 37.3 Å². The molecule has 3 aliphatic rings. The fourth-order valence-corrected chi connectivity index (χ4v) is 9.46. The Kier molecular flexibility index (Phi) is 8.62. The number of aliphatic hydroxyl groups excluding tert-OH is 2. The second-order valence-corrected chi connectivity index (χ2v) is 15.3. The molecular formula is C42H46O8. The number of allylic oxidation sites excluding steroid dienone is 1. The van der Waals surface area contributed by atoms with E-state index >= 15 is 0 Å². The highest BCUT2D eigenvalue weighted by atomic mass is 16.5. The largest absolute Gasteiger partial charge is 0.508 e. The summed E-state index contributed by atoms with van der Waals surface area (Å²) in [6, 6.07) is 17.7. The van der Waals surface area contributed by atoms with E-state index in [0.29, 0.717) is 16.9 Å². The van der Waals surface area contributed by atoms with Gasteiger partial charge in [0.05, 0.1) is 12.7 Å². The molecule has 6 rings (SSSR count). The molecule has 8 nitrogen and oxygen atoms in total. The molecule has 0 heterocycles. The predicted molar refractivity (Wildman–Crippen MR) is 191 cm³/mol. The van der Waals surface area contributed by atoms with Gasteiger partial charge in [-0.25, -0.2) is 0 Å². The number of phenolic OH excluding ortho intramolecular Hbond substituents is 1. The van der Waals surface area contributed by atoms with Crippen LogP contribution in [0.3, 0.4) is 0 Å². The average molecular weight is 679 g/mol. The number of fused-ring (bicyclic) bond motifs is 3. The van der Waals surface area contributed by atoms with Gasteiger partial charge in [0.15, 0.2) is 17.2 Å². The third kappa shape index (κ3) is 5.10. The molecule has 3 aliphatic carbocycles. The monoisotopic (exact) mass is 678 g/mol. The Labute approximate surface area is 293 Å². The third-order valence-electron chi connectivity index (χ3n) is 11.5. The number of hydrogen-bond donors (Lipinski definition) is 4. The second-order valence-electron chi connectivity index (χ2n) is 15.3. The van der Waals surface area contributed by atoms with E-state index in [4.69, 9.17) is 4.74 Å². The van der Waals surface area contributed by atoms with Gasteiger partial charge in [0, 0.05) is 27.9 Å². The van der Waals surface area contributed by atoms with Crippen molar-refractivity contribution in [2.24, 2.45) is 22.7 Å². The van der Waals surface area contributed by atoms with Crippen molar-refractivity contribution < 1.29 is 39.5 Å². The summed E-state index contributed by atoms with van der Waals surface area (Å²) < 4.78 is 5.81. The molecule has 0 aromatic heterocycles. The molecule has 1 fully saturated rings. The molecule has 4 N–H and O–H groups in total. The average Bonchev–Trinajstić information content (AvgIpc) is 3.02. The van der Waals surface area contributed by atoms with Crippen molar-refractivity contribution in [3.8, 4) is 22.6 Å². The maximum Gasteiger partial charge on any atom is 0.203 e. The first-order chi connectivity index (χ1) is 23.5. The fraction of sp³-hybridized carbons (Fsp3) is 0.405. The van der Waals surface area contributed by atoms with Crippen molar-refractivity contribution in [1.29, 1.82) is 0 Å². The van der Waals surface area contributed by atoms with E-state index in [-0.39, 0.29) is 29.7 Å². The molecule has 4 atom stereocenters. The lowest BCUT2D eigenvalue weighted by atomic mass is 9.43. The number of ketones is 3. The first-order valence-corrected chi connectivity index (χ1v) is 17.3. The topological polar surface area (TPSA) is 141 Å². The zero-order chi connectivity index (χ0) is 36.5. The molecule has 0 radical (unpaired) electrons. The van der Waals surface area contributed by atoms with Gasteiger partial charge in [0.1, 0.15) is 28.6 Å². The zero-order valence-electron chi connectivity index (χ0n) is 29.8. The van der Waals surface area contributed by atoms with Crippen molar-refractivity contribution in [2.75, 3.05) is 7.11 Å². The normalized spacial score (nSPS) is 26.1. The van der Waals surface area contributed by atoms with Crippen LogP contribution in [0.1, 0.15) is 75.3 Å².